The van der Waals surface area contributed by atoms with Crippen molar-refractivity contribution in [1.82, 2.24) is 10.4 Å². The monoisotopic (exact) mass is 397 g/mol. The van der Waals surface area contributed by atoms with Crippen LogP contribution in [0.5, 0.6) is 0 Å². The summed E-state index contributed by atoms with van der Waals surface area (Å²) < 4.78 is 5.42. The fourth-order valence-corrected chi connectivity index (χ4v) is 3.98. The molecular weight excluding hydrogens is 366 g/mol. The molecule has 1 aliphatic rings. The quantitative estimate of drug-likeness (QED) is 0.501. The molecule has 2 N–H and O–H groups in total. The first-order chi connectivity index (χ1) is 14.1. The van der Waals surface area contributed by atoms with Crippen molar-refractivity contribution in [3.8, 4) is 0 Å². The number of Topliss-reactive ketones (excluding diaryl/α,β-unsaturated/α-hetero) is 1. The van der Waals surface area contributed by atoms with Crippen LogP contribution in [-0.4, -0.2) is 68.4 Å². The third kappa shape index (κ3) is 5.03. The molecule has 1 aliphatic heterocycles. The van der Waals surface area contributed by atoms with E-state index < -0.39 is 5.54 Å². The number of hydrogen-bond donors (Lipinski definition) is 2. The van der Waals surface area contributed by atoms with Gasteiger partial charge in [-0.15, -0.1) is 0 Å². The zero-order chi connectivity index (χ0) is 20.7. The number of rotatable bonds is 9. The van der Waals surface area contributed by atoms with E-state index in [1.54, 1.807) is 0 Å². The summed E-state index contributed by atoms with van der Waals surface area (Å²) in [5.74, 6) is 0.0649. The third-order valence-electron chi connectivity index (χ3n) is 5.77. The van der Waals surface area contributed by atoms with Gasteiger partial charge in [-0.2, -0.15) is 0 Å². The van der Waals surface area contributed by atoms with Crippen LogP contribution >= 0.6 is 0 Å². The molecule has 0 amide bonds. The Hall–Kier alpha value is -2.25. The predicted octanol–water partition coefficient (Wildman–Crippen LogP) is 2.62. The zero-order valence-corrected chi connectivity index (χ0v) is 17.3. The molecule has 2 aromatic rings. The molecule has 6 heteroatoms. The second-order valence-corrected chi connectivity index (χ2v) is 7.72. The highest BCUT2D eigenvalue weighted by atomic mass is 16.5. The highest BCUT2D eigenvalue weighted by molar-refractivity contribution is 6.03. The molecule has 156 valence electrons. The van der Waals surface area contributed by atoms with E-state index in [0.717, 1.165) is 37.6 Å². The Morgan fingerprint density at radius 3 is 2.34 bits per heavy atom. The normalized spacial score (nSPS) is 16.6. The van der Waals surface area contributed by atoms with Gasteiger partial charge in [0, 0.05) is 30.9 Å². The van der Waals surface area contributed by atoms with Gasteiger partial charge in [0.05, 0.1) is 18.8 Å². The molecule has 6 nitrogen and oxygen atoms in total. The smallest absolute Gasteiger partial charge is 0.183 e. The van der Waals surface area contributed by atoms with Crippen LogP contribution in [-0.2, 0) is 11.2 Å². The fourth-order valence-electron chi connectivity index (χ4n) is 3.98. The summed E-state index contributed by atoms with van der Waals surface area (Å²) in [4.78, 5) is 18.0. The SMILES string of the molecule is CN(C)C(CCNO)(Cc1ccccc1)C(=O)c1ccc(N2CCOCC2)cc1. The lowest BCUT2D eigenvalue weighted by Gasteiger charge is -2.39. The van der Waals surface area contributed by atoms with Crippen molar-refractivity contribution in [2.45, 2.75) is 18.4 Å². The van der Waals surface area contributed by atoms with Crippen LogP contribution in [0.15, 0.2) is 54.6 Å². The molecule has 1 atom stereocenters. The minimum Gasteiger partial charge on any atom is -0.378 e. The molecule has 1 heterocycles. The molecule has 0 saturated carbocycles. The van der Waals surface area contributed by atoms with Crippen LogP contribution < -0.4 is 10.4 Å². The van der Waals surface area contributed by atoms with Crippen LogP contribution in [0, 0.1) is 0 Å². The van der Waals surface area contributed by atoms with Crippen molar-refractivity contribution in [2.24, 2.45) is 0 Å². The Morgan fingerprint density at radius 1 is 1.10 bits per heavy atom. The number of nitrogens with one attached hydrogen (secondary N) is 1. The van der Waals surface area contributed by atoms with E-state index in [1.165, 1.54) is 0 Å². The number of morpholine rings is 1. The molecule has 29 heavy (non-hydrogen) atoms. The van der Waals surface area contributed by atoms with Crippen LogP contribution in [0.4, 0.5) is 5.69 Å². The number of carbonyl (C=O) groups excluding carboxylic acids is 1. The molecule has 0 radical (unpaired) electrons. The van der Waals surface area contributed by atoms with Crippen molar-refractivity contribution in [1.29, 1.82) is 0 Å². The number of nitrogens with zero attached hydrogens (tertiary/aromatic N) is 2. The molecule has 2 aromatic carbocycles. The Labute approximate surface area is 173 Å². The van der Waals surface area contributed by atoms with Crippen molar-refractivity contribution in [3.05, 3.63) is 65.7 Å². The van der Waals surface area contributed by atoms with Gasteiger partial charge in [-0.1, -0.05) is 30.3 Å². The van der Waals surface area contributed by atoms with Crippen molar-refractivity contribution in [3.63, 3.8) is 0 Å². The van der Waals surface area contributed by atoms with Gasteiger partial charge in [-0.3, -0.25) is 9.69 Å². The number of hydrogen-bond acceptors (Lipinski definition) is 6. The van der Waals surface area contributed by atoms with E-state index in [0.29, 0.717) is 24.9 Å². The average molecular weight is 398 g/mol. The van der Waals surface area contributed by atoms with E-state index in [4.69, 9.17) is 4.74 Å². The first-order valence-electron chi connectivity index (χ1n) is 10.1. The largest absolute Gasteiger partial charge is 0.378 e. The molecule has 0 bridgehead atoms. The predicted molar refractivity (Wildman–Crippen MR) is 115 cm³/mol. The van der Waals surface area contributed by atoms with Crippen LogP contribution in [0.25, 0.3) is 0 Å². The lowest BCUT2D eigenvalue weighted by molar-refractivity contribution is 0.0606. The third-order valence-corrected chi connectivity index (χ3v) is 5.77. The minimum atomic E-state index is -0.752. The maximum absolute atomic E-state index is 13.7. The van der Waals surface area contributed by atoms with E-state index >= 15 is 0 Å². The number of hydroxylamine groups is 1. The summed E-state index contributed by atoms with van der Waals surface area (Å²) in [5.41, 5.74) is 4.36. The Balaban J connectivity index is 1.88. The molecule has 0 spiro atoms. The minimum absolute atomic E-state index is 0.0649. The molecular formula is C23H31N3O3. The van der Waals surface area contributed by atoms with Gasteiger partial charge in [0.25, 0.3) is 0 Å². The highest BCUT2D eigenvalue weighted by Crippen LogP contribution is 2.29. The summed E-state index contributed by atoms with van der Waals surface area (Å²) >= 11 is 0. The van der Waals surface area contributed by atoms with Crippen LogP contribution in [0.3, 0.4) is 0 Å². The summed E-state index contributed by atoms with van der Waals surface area (Å²) in [7, 11) is 3.86. The summed E-state index contributed by atoms with van der Waals surface area (Å²) in [6, 6.07) is 17.9. The van der Waals surface area contributed by atoms with Gasteiger partial charge in [0.2, 0.25) is 0 Å². The first-order valence-corrected chi connectivity index (χ1v) is 10.1. The topological polar surface area (TPSA) is 65.0 Å². The number of ether oxygens (including phenoxy) is 1. The molecule has 3 rings (SSSR count). The Morgan fingerprint density at radius 2 is 1.76 bits per heavy atom. The summed E-state index contributed by atoms with van der Waals surface area (Å²) in [6.07, 6.45) is 1.07. The van der Waals surface area contributed by atoms with Gasteiger partial charge in [-0.25, -0.2) is 5.48 Å². The fraction of sp³-hybridized carbons (Fsp3) is 0.435. The highest BCUT2D eigenvalue weighted by Gasteiger charge is 2.40. The molecule has 0 aromatic heterocycles. The molecule has 0 aliphatic carbocycles. The molecule has 1 unspecified atom stereocenters. The van der Waals surface area contributed by atoms with Crippen molar-refractivity contribution >= 4 is 11.5 Å². The average Bonchev–Trinajstić information content (AvgIpc) is 2.77. The number of likely N-dealkylation sites (N-methyl/N-ethyl adjacent to an activating group) is 1. The van der Waals surface area contributed by atoms with Crippen LogP contribution in [0.1, 0.15) is 22.3 Å². The maximum atomic E-state index is 13.7. The number of anilines is 1. The second-order valence-electron chi connectivity index (χ2n) is 7.72. The summed E-state index contributed by atoms with van der Waals surface area (Å²) in [5, 5.41) is 9.21. The van der Waals surface area contributed by atoms with E-state index in [9.17, 15) is 10.0 Å². The Bertz CT molecular complexity index is 774. The van der Waals surface area contributed by atoms with E-state index in [-0.39, 0.29) is 5.78 Å². The number of carbonyl (C=O) groups is 1. The van der Waals surface area contributed by atoms with Gasteiger partial charge in [0.15, 0.2) is 5.78 Å². The second kappa shape index (κ2) is 9.98. The lowest BCUT2D eigenvalue weighted by atomic mass is 9.79. The van der Waals surface area contributed by atoms with Gasteiger partial charge < -0.3 is 14.8 Å². The first kappa shape index (κ1) is 21.5. The van der Waals surface area contributed by atoms with E-state index in [1.807, 2.05) is 73.6 Å². The van der Waals surface area contributed by atoms with Crippen molar-refractivity contribution in [2.75, 3.05) is 51.8 Å². The van der Waals surface area contributed by atoms with Gasteiger partial charge in [-0.05, 0) is 56.8 Å². The zero-order valence-electron chi connectivity index (χ0n) is 17.3. The standard InChI is InChI=1S/C23H31N3O3/c1-25(2)23(12-13-24-28,18-19-6-4-3-5-7-19)22(27)20-8-10-21(11-9-20)26-14-16-29-17-15-26/h3-11,24,28H,12-18H2,1-2H3. The molecule has 1 saturated heterocycles. The van der Waals surface area contributed by atoms with Gasteiger partial charge >= 0.3 is 0 Å². The number of benzene rings is 2. The van der Waals surface area contributed by atoms with E-state index in [2.05, 4.69) is 10.4 Å². The Kier molecular flexibility index (Phi) is 7.39. The van der Waals surface area contributed by atoms with Crippen molar-refractivity contribution < 1.29 is 14.7 Å². The van der Waals surface area contributed by atoms with Crippen LogP contribution in [0.2, 0.25) is 0 Å². The lowest BCUT2D eigenvalue weighted by Crippen LogP contribution is -2.54. The number of ketones is 1. The molecule has 1 fully saturated rings. The van der Waals surface area contributed by atoms with Gasteiger partial charge in [0.1, 0.15) is 0 Å². The summed E-state index contributed by atoms with van der Waals surface area (Å²) in [6.45, 7) is 3.53. The maximum Gasteiger partial charge on any atom is 0.183 e.